The molecule has 0 aromatic rings. The van der Waals surface area contributed by atoms with E-state index in [1.54, 1.807) is 0 Å². The summed E-state index contributed by atoms with van der Waals surface area (Å²) in [5.74, 6) is 1.34. The second-order valence-corrected chi connectivity index (χ2v) is 4.43. The average molecular weight is 186 g/mol. The van der Waals surface area contributed by atoms with E-state index in [2.05, 4.69) is 39.5 Å². The molecule has 0 spiro atoms. The molecule has 0 rings (SSSR count). The zero-order valence-corrected chi connectivity index (χ0v) is 9.88. The lowest BCUT2D eigenvalue weighted by Crippen LogP contribution is -2.41. The quantitative estimate of drug-likeness (QED) is 0.687. The predicted octanol–water partition coefficient (Wildman–Crippen LogP) is 1.95. The monoisotopic (exact) mass is 186 g/mol. The van der Waals surface area contributed by atoms with Crippen LogP contribution in [0.25, 0.3) is 0 Å². The molecule has 0 bridgehead atoms. The Morgan fingerprint density at radius 1 is 1.15 bits per heavy atom. The number of nitrogens with zero attached hydrogens (tertiary/aromatic N) is 1. The summed E-state index contributed by atoms with van der Waals surface area (Å²) in [4.78, 5) is 2.52. The summed E-state index contributed by atoms with van der Waals surface area (Å²) < 4.78 is 0. The molecule has 2 nitrogen and oxygen atoms in total. The van der Waals surface area contributed by atoms with Crippen molar-refractivity contribution in [3.63, 3.8) is 0 Å². The van der Waals surface area contributed by atoms with Crippen LogP contribution in [0.4, 0.5) is 0 Å². The minimum atomic E-state index is 0.596. The summed E-state index contributed by atoms with van der Waals surface area (Å²) in [6.07, 6.45) is 0. The van der Waals surface area contributed by atoms with E-state index >= 15 is 0 Å². The first kappa shape index (κ1) is 12.9. The molecule has 2 N–H and O–H groups in total. The predicted molar refractivity (Wildman–Crippen MR) is 59.8 cm³/mol. The Bertz CT molecular complexity index is 123. The van der Waals surface area contributed by atoms with E-state index in [1.807, 2.05) is 0 Å². The van der Waals surface area contributed by atoms with E-state index in [0.29, 0.717) is 12.0 Å². The van der Waals surface area contributed by atoms with E-state index in [1.165, 1.54) is 6.54 Å². The van der Waals surface area contributed by atoms with Gasteiger partial charge in [-0.25, -0.2) is 0 Å². The molecule has 0 aromatic carbocycles. The van der Waals surface area contributed by atoms with E-state index < -0.39 is 0 Å². The molecule has 0 saturated carbocycles. The topological polar surface area (TPSA) is 29.3 Å². The third-order valence-corrected chi connectivity index (χ3v) is 2.78. The van der Waals surface area contributed by atoms with E-state index in [9.17, 15) is 0 Å². The Hall–Kier alpha value is -0.0800. The summed E-state index contributed by atoms with van der Waals surface area (Å²) in [6, 6.07) is 0.609. The van der Waals surface area contributed by atoms with Crippen molar-refractivity contribution in [1.82, 2.24) is 4.90 Å². The minimum absolute atomic E-state index is 0.596. The van der Waals surface area contributed by atoms with Crippen molar-refractivity contribution in [2.45, 2.75) is 40.7 Å². The fourth-order valence-corrected chi connectivity index (χ4v) is 1.61. The normalized spacial score (nSPS) is 16.6. The SMILES string of the molecule is CCN(CC(C)C)C(C)C(C)CN. The number of nitrogens with two attached hydrogens (primary N) is 1. The van der Waals surface area contributed by atoms with E-state index in [-0.39, 0.29) is 0 Å². The van der Waals surface area contributed by atoms with Gasteiger partial charge in [0.25, 0.3) is 0 Å². The fraction of sp³-hybridized carbons (Fsp3) is 1.00. The molecule has 2 atom stereocenters. The average Bonchev–Trinajstić information content (AvgIpc) is 2.11. The van der Waals surface area contributed by atoms with Crippen molar-refractivity contribution in [2.24, 2.45) is 17.6 Å². The molecule has 0 aliphatic heterocycles. The van der Waals surface area contributed by atoms with Crippen molar-refractivity contribution >= 4 is 0 Å². The Morgan fingerprint density at radius 3 is 2.00 bits per heavy atom. The summed E-state index contributed by atoms with van der Waals surface area (Å²) in [6.45, 7) is 14.4. The Labute approximate surface area is 83.5 Å². The van der Waals surface area contributed by atoms with Crippen molar-refractivity contribution in [3.8, 4) is 0 Å². The molecule has 0 amide bonds. The molecule has 0 saturated heterocycles. The molecule has 13 heavy (non-hydrogen) atoms. The molecule has 0 radical (unpaired) electrons. The Balaban J connectivity index is 4.05. The van der Waals surface area contributed by atoms with Crippen molar-refractivity contribution < 1.29 is 0 Å². The fourth-order valence-electron chi connectivity index (χ4n) is 1.61. The minimum Gasteiger partial charge on any atom is -0.330 e. The van der Waals surface area contributed by atoms with Crippen LogP contribution in [0, 0.1) is 11.8 Å². The second-order valence-electron chi connectivity index (χ2n) is 4.43. The van der Waals surface area contributed by atoms with Crippen LogP contribution in [0.15, 0.2) is 0 Å². The van der Waals surface area contributed by atoms with E-state index in [0.717, 1.165) is 19.0 Å². The van der Waals surface area contributed by atoms with Gasteiger partial charge in [0.1, 0.15) is 0 Å². The highest BCUT2D eigenvalue weighted by Gasteiger charge is 2.17. The third-order valence-electron chi connectivity index (χ3n) is 2.78. The zero-order chi connectivity index (χ0) is 10.4. The van der Waals surface area contributed by atoms with Crippen LogP contribution in [0.1, 0.15) is 34.6 Å². The number of hydrogen-bond donors (Lipinski definition) is 1. The molecule has 2 unspecified atom stereocenters. The summed E-state index contributed by atoms with van der Waals surface area (Å²) in [5.41, 5.74) is 5.67. The van der Waals surface area contributed by atoms with Gasteiger partial charge in [0, 0.05) is 12.6 Å². The molecule has 0 aliphatic carbocycles. The van der Waals surface area contributed by atoms with Crippen molar-refractivity contribution in [1.29, 1.82) is 0 Å². The number of hydrogen-bond acceptors (Lipinski definition) is 2. The molecule has 0 aromatic heterocycles. The highest BCUT2D eigenvalue weighted by Crippen LogP contribution is 2.11. The van der Waals surface area contributed by atoms with Gasteiger partial charge in [0.15, 0.2) is 0 Å². The first-order valence-corrected chi connectivity index (χ1v) is 5.47. The maximum absolute atomic E-state index is 5.67. The van der Waals surface area contributed by atoms with Gasteiger partial charge >= 0.3 is 0 Å². The summed E-state index contributed by atoms with van der Waals surface area (Å²) in [7, 11) is 0. The highest BCUT2D eigenvalue weighted by atomic mass is 15.1. The van der Waals surface area contributed by atoms with Crippen molar-refractivity contribution in [2.75, 3.05) is 19.6 Å². The van der Waals surface area contributed by atoms with Crippen molar-refractivity contribution in [3.05, 3.63) is 0 Å². The lowest BCUT2D eigenvalue weighted by Gasteiger charge is -2.33. The maximum Gasteiger partial charge on any atom is 0.0105 e. The van der Waals surface area contributed by atoms with Crippen LogP contribution >= 0.6 is 0 Å². The van der Waals surface area contributed by atoms with Gasteiger partial charge in [0.2, 0.25) is 0 Å². The van der Waals surface area contributed by atoms with E-state index in [4.69, 9.17) is 5.73 Å². The van der Waals surface area contributed by atoms with Gasteiger partial charge in [-0.2, -0.15) is 0 Å². The van der Waals surface area contributed by atoms with Crippen LogP contribution in [0.3, 0.4) is 0 Å². The van der Waals surface area contributed by atoms with Crippen LogP contribution in [-0.4, -0.2) is 30.6 Å². The van der Waals surface area contributed by atoms with Gasteiger partial charge in [-0.05, 0) is 31.8 Å². The first-order valence-electron chi connectivity index (χ1n) is 5.47. The lowest BCUT2D eigenvalue weighted by molar-refractivity contribution is 0.154. The third kappa shape index (κ3) is 4.63. The molecular weight excluding hydrogens is 160 g/mol. The maximum atomic E-state index is 5.67. The molecule has 0 heterocycles. The molecular formula is C11H26N2. The van der Waals surface area contributed by atoms with Crippen LogP contribution in [-0.2, 0) is 0 Å². The zero-order valence-electron chi connectivity index (χ0n) is 9.88. The van der Waals surface area contributed by atoms with Crippen LogP contribution in [0.5, 0.6) is 0 Å². The number of rotatable bonds is 6. The largest absolute Gasteiger partial charge is 0.330 e. The van der Waals surface area contributed by atoms with Gasteiger partial charge in [0.05, 0.1) is 0 Å². The smallest absolute Gasteiger partial charge is 0.0105 e. The standard InChI is InChI=1S/C11H26N2/c1-6-13(8-9(2)3)11(5)10(4)7-12/h9-11H,6-8,12H2,1-5H3. The molecule has 0 fully saturated rings. The van der Waals surface area contributed by atoms with Crippen LogP contribution < -0.4 is 5.73 Å². The second kappa shape index (κ2) is 6.39. The van der Waals surface area contributed by atoms with Gasteiger partial charge < -0.3 is 10.6 Å². The van der Waals surface area contributed by atoms with Gasteiger partial charge in [-0.3, -0.25) is 0 Å². The summed E-state index contributed by atoms with van der Waals surface area (Å²) in [5, 5.41) is 0. The highest BCUT2D eigenvalue weighted by molar-refractivity contribution is 4.73. The molecule has 0 aliphatic rings. The van der Waals surface area contributed by atoms with Gasteiger partial charge in [-0.1, -0.05) is 27.7 Å². The lowest BCUT2D eigenvalue weighted by atomic mass is 10.0. The Kier molecular flexibility index (Phi) is 6.35. The first-order chi connectivity index (χ1) is 6.02. The van der Waals surface area contributed by atoms with Gasteiger partial charge in [-0.15, -0.1) is 0 Å². The molecule has 2 heteroatoms. The van der Waals surface area contributed by atoms with Crippen LogP contribution in [0.2, 0.25) is 0 Å². The molecule has 80 valence electrons. The Morgan fingerprint density at radius 2 is 1.69 bits per heavy atom. The summed E-state index contributed by atoms with van der Waals surface area (Å²) >= 11 is 0.